The number of anilines is 1. The van der Waals surface area contributed by atoms with Crippen LogP contribution in [0.2, 0.25) is 5.15 Å². The maximum atomic E-state index is 13.6. The molecule has 0 radical (unpaired) electrons. The van der Waals surface area contributed by atoms with Crippen molar-refractivity contribution >= 4 is 23.5 Å². The third kappa shape index (κ3) is 3.23. The Morgan fingerprint density at radius 1 is 1.20 bits per heavy atom. The number of aromatic nitrogens is 4. The zero-order valence-corrected chi connectivity index (χ0v) is 16.2. The minimum atomic E-state index is -4.63. The van der Waals surface area contributed by atoms with Gasteiger partial charge in [0.1, 0.15) is 16.5 Å². The van der Waals surface area contributed by atoms with Gasteiger partial charge in [-0.2, -0.15) is 13.2 Å². The van der Waals surface area contributed by atoms with Crippen molar-refractivity contribution in [1.82, 2.24) is 19.9 Å². The number of amides is 1. The maximum absolute atomic E-state index is 13.6. The first-order chi connectivity index (χ1) is 14.3. The summed E-state index contributed by atoms with van der Waals surface area (Å²) in [6.07, 6.45) is 0.987. The predicted octanol–water partition coefficient (Wildman–Crippen LogP) is 4.13. The number of fused-ring (bicyclic) bond motifs is 1. The molecule has 3 unspecified atom stereocenters. The van der Waals surface area contributed by atoms with Gasteiger partial charge >= 0.3 is 6.18 Å². The lowest BCUT2D eigenvalue weighted by Gasteiger charge is -2.18. The Morgan fingerprint density at radius 2 is 1.97 bits per heavy atom. The number of nitrogens with zero attached hydrogens (tertiary/aromatic N) is 4. The Morgan fingerprint density at radius 3 is 2.63 bits per heavy atom. The molecule has 3 atom stereocenters. The number of rotatable bonds is 4. The van der Waals surface area contributed by atoms with E-state index in [4.69, 9.17) is 11.6 Å². The van der Waals surface area contributed by atoms with Crippen LogP contribution in [0.3, 0.4) is 0 Å². The quantitative estimate of drug-likeness (QED) is 0.628. The van der Waals surface area contributed by atoms with Crippen molar-refractivity contribution in [3.8, 4) is 11.3 Å². The number of hydrogen-bond donors (Lipinski definition) is 1. The van der Waals surface area contributed by atoms with Crippen LogP contribution in [0.25, 0.3) is 11.3 Å². The number of carbonyl (C=O) groups is 1. The monoisotopic (exact) mass is 433 g/mol. The molecule has 0 spiro atoms. The Hall–Kier alpha value is -2.94. The number of pyridine rings is 2. The van der Waals surface area contributed by atoms with Gasteiger partial charge in [0, 0.05) is 36.1 Å². The van der Waals surface area contributed by atoms with E-state index in [0.29, 0.717) is 11.6 Å². The molecule has 1 saturated heterocycles. The fourth-order valence-corrected chi connectivity index (χ4v) is 4.25. The highest BCUT2D eigenvalue weighted by Gasteiger charge is 2.59. The Balaban J connectivity index is 1.47. The molecule has 10 heteroatoms. The minimum absolute atomic E-state index is 0.0663. The zero-order valence-electron chi connectivity index (χ0n) is 15.4. The highest BCUT2D eigenvalue weighted by Crippen LogP contribution is 2.52. The predicted molar refractivity (Wildman–Crippen MR) is 103 cm³/mol. The van der Waals surface area contributed by atoms with Crippen molar-refractivity contribution in [2.75, 3.05) is 4.90 Å². The van der Waals surface area contributed by atoms with E-state index in [-0.39, 0.29) is 41.0 Å². The molecule has 154 valence electrons. The highest BCUT2D eigenvalue weighted by atomic mass is 35.5. The van der Waals surface area contributed by atoms with Crippen LogP contribution >= 0.6 is 11.6 Å². The summed E-state index contributed by atoms with van der Waals surface area (Å²) < 4.78 is 40.9. The molecule has 1 aliphatic carbocycles. The summed E-state index contributed by atoms with van der Waals surface area (Å²) in [7, 11) is 0. The Labute approximate surface area is 174 Å². The molecule has 2 aliphatic rings. The second kappa shape index (κ2) is 6.80. The third-order valence-corrected chi connectivity index (χ3v) is 5.83. The van der Waals surface area contributed by atoms with Gasteiger partial charge in [0.25, 0.3) is 0 Å². The number of H-pyrrole nitrogens is 1. The number of aromatic amines is 1. The van der Waals surface area contributed by atoms with E-state index < -0.39 is 11.9 Å². The second-order valence-electron chi connectivity index (χ2n) is 7.49. The van der Waals surface area contributed by atoms with E-state index in [9.17, 15) is 18.0 Å². The largest absolute Gasteiger partial charge is 0.433 e. The van der Waals surface area contributed by atoms with E-state index in [1.54, 1.807) is 18.3 Å². The number of alkyl halides is 3. The van der Waals surface area contributed by atoms with Crippen LogP contribution in [0.4, 0.5) is 19.1 Å². The molecule has 6 nitrogen and oxygen atoms in total. The molecule has 2 fully saturated rings. The van der Waals surface area contributed by atoms with Gasteiger partial charge in [0.15, 0.2) is 0 Å². The lowest BCUT2D eigenvalue weighted by atomic mass is 9.96. The summed E-state index contributed by atoms with van der Waals surface area (Å²) in [6.45, 7) is 0. The maximum Gasteiger partial charge on any atom is 0.433 e. The second-order valence-corrected chi connectivity index (χ2v) is 7.88. The molecule has 1 amide bonds. The summed E-state index contributed by atoms with van der Waals surface area (Å²) in [5.74, 6) is -0.517. The number of imidazole rings is 1. The number of piperidine rings is 1. The van der Waals surface area contributed by atoms with Crippen LogP contribution in [0, 0.1) is 11.8 Å². The highest BCUT2D eigenvalue weighted by molar-refractivity contribution is 6.29. The first-order valence-electron chi connectivity index (χ1n) is 9.34. The number of halogens is 4. The van der Waals surface area contributed by atoms with E-state index in [1.165, 1.54) is 29.4 Å². The average Bonchev–Trinajstić information content (AvgIpc) is 3.25. The van der Waals surface area contributed by atoms with Crippen LogP contribution in [0.5, 0.6) is 0 Å². The number of hydrogen-bond acceptors (Lipinski definition) is 4. The zero-order chi connectivity index (χ0) is 21.0. The van der Waals surface area contributed by atoms with Gasteiger partial charge in [-0.05, 0) is 42.5 Å². The van der Waals surface area contributed by atoms with Crippen molar-refractivity contribution in [3.05, 3.63) is 59.3 Å². The summed E-state index contributed by atoms with van der Waals surface area (Å²) in [6, 6.07) is 6.23. The molecule has 30 heavy (non-hydrogen) atoms. The summed E-state index contributed by atoms with van der Waals surface area (Å²) in [5.41, 5.74) is -0.0740. The van der Waals surface area contributed by atoms with Crippen LogP contribution in [-0.2, 0) is 17.4 Å². The molecule has 0 aromatic carbocycles. The van der Waals surface area contributed by atoms with Gasteiger partial charge in [0.2, 0.25) is 11.9 Å². The Kier molecular flexibility index (Phi) is 4.32. The SMILES string of the molecule is O=C1C(Cc2ccc(Cl)nc2)C2CC2N1c1nc(-c2ccncc2)c(C(F)(F)F)[nH]1. The molecule has 1 N–H and O–H groups in total. The molecular formula is C20H15ClF3N5O. The van der Waals surface area contributed by atoms with E-state index >= 15 is 0 Å². The van der Waals surface area contributed by atoms with Crippen LogP contribution in [-0.4, -0.2) is 31.9 Å². The standard InChI is InChI=1S/C20H15ClF3N5O/c21-15-2-1-10(9-26-15)7-13-12-8-14(12)29(18(13)30)19-27-16(11-3-5-25-6-4-11)17(28-19)20(22,23)24/h1-6,9,12-14H,7-8H2,(H,27,28). The van der Waals surface area contributed by atoms with E-state index in [1.807, 2.05) is 0 Å². The van der Waals surface area contributed by atoms with E-state index in [0.717, 1.165) is 12.0 Å². The van der Waals surface area contributed by atoms with Crippen molar-refractivity contribution in [2.45, 2.75) is 25.1 Å². The van der Waals surface area contributed by atoms with Gasteiger partial charge < -0.3 is 4.98 Å². The van der Waals surface area contributed by atoms with Crippen LogP contribution in [0.1, 0.15) is 17.7 Å². The molecule has 4 heterocycles. The number of carbonyl (C=O) groups excluding carboxylic acids is 1. The molecule has 1 saturated carbocycles. The average molecular weight is 434 g/mol. The fraction of sp³-hybridized carbons (Fsp3) is 0.300. The van der Waals surface area contributed by atoms with Crippen molar-refractivity contribution in [2.24, 2.45) is 11.8 Å². The van der Waals surface area contributed by atoms with Gasteiger partial charge in [-0.1, -0.05) is 17.7 Å². The first kappa shape index (κ1) is 19.0. The summed E-state index contributed by atoms with van der Waals surface area (Å²) in [5, 5.41) is 0.362. The molecule has 3 aromatic heterocycles. The van der Waals surface area contributed by atoms with Crippen LogP contribution in [0.15, 0.2) is 42.9 Å². The number of nitrogens with one attached hydrogen (secondary N) is 1. The molecule has 1 aliphatic heterocycles. The minimum Gasteiger partial charge on any atom is -0.320 e. The molecular weight excluding hydrogens is 419 g/mol. The first-order valence-corrected chi connectivity index (χ1v) is 9.72. The molecule has 3 aromatic rings. The van der Waals surface area contributed by atoms with Crippen molar-refractivity contribution in [1.29, 1.82) is 0 Å². The topological polar surface area (TPSA) is 74.8 Å². The Bertz CT molecular complexity index is 1100. The summed E-state index contributed by atoms with van der Waals surface area (Å²) in [4.78, 5) is 28.8. The van der Waals surface area contributed by atoms with Gasteiger partial charge in [-0.3, -0.25) is 14.7 Å². The smallest absolute Gasteiger partial charge is 0.320 e. The summed E-state index contributed by atoms with van der Waals surface area (Å²) >= 11 is 5.81. The van der Waals surface area contributed by atoms with Gasteiger partial charge in [0.05, 0.1) is 0 Å². The van der Waals surface area contributed by atoms with Gasteiger partial charge in [-0.25, -0.2) is 9.97 Å². The fourth-order valence-electron chi connectivity index (χ4n) is 4.13. The van der Waals surface area contributed by atoms with Crippen molar-refractivity contribution in [3.63, 3.8) is 0 Å². The van der Waals surface area contributed by atoms with Crippen LogP contribution < -0.4 is 4.90 Å². The lowest BCUT2D eigenvalue weighted by Crippen LogP contribution is -2.33. The molecule has 5 rings (SSSR count). The van der Waals surface area contributed by atoms with Gasteiger partial charge in [-0.15, -0.1) is 0 Å². The normalized spacial score (nSPS) is 23.0. The van der Waals surface area contributed by atoms with E-state index in [2.05, 4.69) is 19.9 Å². The lowest BCUT2D eigenvalue weighted by molar-refractivity contribution is -0.140. The molecule has 0 bridgehead atoms. The van der Waals surface area contributed by atoms with Crippen molar-refractivity contribution < 1.29 is 18.0 Å². The third-order valence-electron chi connectivity index (χ3n) is 5.61.